The molecule has 0 aliphatic carbocycles. The van der Waals surface area contributed by atoms with Crippen LogP contribution in [0.1, 0.15) is 60.2 Å². The predicted octanol–water partition coefficient (Wildman–Crippen LogP) is 4.36. The molecule has 2 aromatic carbocycles. The lowest BCUT2D eigenvalue weighted by Crippen LogP contribution is -2.40. The third-order valence-corrected chi connectivity index (χ3v) is 4.87. The largest absolute Gasteiger partial charge is 0.384 e. The lowest BCUT2D eigenvalue weighted by atomic mass is 9.91. The third-order valence-electron chi connectivity index (χ3n) is 4.87. The summed E-state index contributed by atoms with van der Waals surface area (Å²) in [7, 11) is 0. The predicted molar refractivity (Wildman–Crippen MR) is 104 cm³/mol. The van der Waals surface area contributed by atoms with Gasteiger partial charge in [0.05, 0.1) is 10.3 Å². The first-order valence-corrected chi connectivity index (χ1v) is 9.35. The van der Waals surface area contributed by atoms with E-state index < -0.39 is 4.92 Å². The van der Waals surface area contributed by atoms with E-state index in [0.717, 1.165) is 25.7 Å². The molecule has 0 bridgehead atoms. The Labute approximate surface area is 157 Å². The zero-order valence-electron chi connectivity index (χ0n) is 15.6. The Morgan fingerprint density at radius 1 is 0.963 bits per heavy atom. The Hall–Kier alpha value is -2.96. The molecule has 1 heterocycles. The Morgan fingerprint density at radius 3 is 2.19 bits per heavy atom. The fourth-order valence-corrected chi connectivity index (χ4v) is 3.44. The third kappa shape index (κ3) is 3.25. The molecule has 142 valence electrons. The van der Waals surface area contributed by atoms with Crippen LogP contribution in [-0.2, 0) is 0 Å². The van der Waals surface area contributed by atoms with E-state index in [2.05, 4.69) is 12.2 Å². The fraction of sp³-hybridized carbons (Fsp3) is 0.400. The van der Waals surface area contributed by atoms with E-state index in [1.807, 2.05) is 6.92 Å². The lowest BCUT2D eigenvalue weighted by molar-refractivity contribution is -0.383. The number of nitrogens with one attached hydrogen (secondary N) is 1. The molecule has 0 saturated heterocycles. The number of carbonyl (C=O) groups is 2. The van der Waals surface area contributed by atoms with Gasteiger partial charge in [0, 0.05) is 41.4 Å². The van der Waals surface area contributed by atoms with Crippen molar-refractivity contribution in [3.63, 3.8) is 0 Å². The summed E-state index contributed by atoms with van der Waals surface area (Å²) in [6.45, 7) is 5.06. The number of hydrogen-bond donors (Lipinski definition) is 1. The summed E-state index contributed by atoms with van der Waals surface area (Å²) in [6.07, 6.45) is 3.48. The second kappa shape index (κ2) is 7.73. The maximum atomic E-state index is 12.9. The zero-order valence-corrected chi connectivity index (χ0v) is 15.6. The van der Waals surface area contributed by atoms with Gasteiger partial charge in [0.15, 0.2) is 0 Å². The van der Waals surface area contributed by atoms with Crippen molar-refractivity contribution in [2.75, 3.05) is 18.4 Å². The van der Waals surface area contributed by atoms with Gasteiger partial charge in [0.2, 0.25) is 0 Å². The van der Waals surface area contributed by atoms with Crippen LogP contribution in [-0.4, -0.2) is 34.7 Å². The number of nitro groups is 1. The molecule has 7 nitrogen and oxygen atoms in total. The minimum atomic E-state index is -0.466. The molecule has 0 radical (unpaired) electrons. The Balaban J connectivity index is 2.21. The molecule has 2 aromatic rings. The van der Waals surface area contributed by atoms with Gasteiger partial charge in [0.1, 0.15) is 0 Å². The van der Waals surface area contributed by atoms with Crippen molar-refractivity contribution in [1.29, 1.82) is 0 Å². The Morgan fingerprint density at radius 2 is 1.59 bits per heavy atom. The topological polar surface area (TPSA) is 92.6 Å². The van der Waals surface area contributed by atoms with Crippen LogP contribution in [0.2, 0.25) is 0 Å². The number of hydrogen-bond acceptors (Lipinski definition) is 5. The minimum absolute atomic E-state index is 0.0998. The molecule has 7 heteroatoms. The molecule has 0 fully saturated rings. The molecule has 3 rings (SSSR count). The van der Waals surface area contributed by atoms with E-state index in [0.29, 0.717) is 40.7 Å². The van der Waals surface area contributed by atoms with Crippen LogP contribution in [0, 0.1) is 10.1 Å². The lowest BCUT2D eigenvalue weighted by Gasteiger charge is -2.27. The second-order valence-electron chi connectivity index (χ2n) is 6.70. The second-order valence-corrected chi connectivity index (χ2v) is 6.70. The van der Waals surface area contributed by atoms with Crippen molar-refractivity contribution in [3.8, 4) is 0 Å². The van der Waals surface area contributed by atoms with E-state index in [4.69, 9.17) is 0 Å². The SMILES string of the molecule is CCCCNc1ccc2c3c(ccc([N+](=O)[O-])c13)C(=O)N(CCCC)C2=O. The van der Waals surface area contributed by atoms with Gasteiger partial charge < -0.3 is 5.32 Å². The Bertz CT molecular complexity index is 901. The van der Waals surface area contributed by atoms with Gasteiger partial charge in [0.25, 0.3) is 17.5 Å². The number of amides is 2. The first-order valence-electron chi connectivity index (χ1n) is 9.35. The zero-order chi connectivity index (χ0) is 19.6. The average molecular weight is 369 g/mol. The van der Waals surface area contributed by atoms with E-state index >= 15 is 0 Å². The summed E-state index contributed by atoms with van der Waals surface area (Å²) in [5.41, 5.74) is 1.18. The quantitative estimate of drug-likeness (QED) is 0.323. The molecule has 27 heavy (non-hydrogen) atoms. The van der Waals surface area contributed by atoms with Crippen LogP contribution >= 0.6 is 0 Å². The van der Waals surface area contributed by atoms with E-state index in [1.165, 1.54) is 17.0 Å². The standard InChI is InChI=1S/C20H23N3O4/c1-3-5-11-21-15-9-7-13-17-14(8-10-16(18(15)17)23(26)27)20(25)22(19(13)24)12-6-4-2/h7-10,21H,3-6,11-12H2,1-2H3. The molecule has 0 saturated carbocycles. The smallest absolute Gasteiger partial charge is 0.279 e. The maximum absolute atomic E-state index is 12.9. The molecule has 1 aliphatic rings. The number of non-ortho nitro benzene ring substituents is 1. The van der Waals surface area contributed by atoms with Crippen LogP contribution < -0.4 is 5.32 Å². The summed E-state index contributed by atoms with van der Waals surface area (Å²) in [6, 6.07) is 6.19. The van der Waals surface area contributed by atoms with Gasteiger partial charge in [-0.1, -0.05) is 26.7 Å². The average Bonchev–Trinajstić information content (AvgIpc) is 2.66. The first kappa shape index (κ1) is 18.8. The number of anilines is 1. The van der Waals surface area contributed by atoms with Crippen molar-refractivity contribution < 1.29 is 14.5 Å². The molecule has 2 amide bonds. The van der Waals surface area contributed by atoms with Gasteiger partial charge in [-0.15, -0.1) is 0 Å². The van der Waals surface area contributed by atoms with Gasteiger partial charge in [-0.05, 0) is 31.0 Å². The van der Waals surface area contributed by atoms with Crippen molar-refractivity contribution in [1.82, 2.24) is 4.90 Å². The van der Waals surface area contributed by atoms with E-state index in [1.54, 1.807) is 12.1 Å². The van der Waals surface area contributed by atoms with Crippen LogP contribution in [0.5, 0.6) is 0 Å². The summed E-state index contributed by atoms with van der Waals surface area (Å²) in [5.74, 6) is -0.766. The minimum Gasteiger partial charge on any atom is -0.384 e. The molecule has 0 spiro atoms. The number of imide groups is 1. The normalized spacial score (nSPS) is 13.3. The summed E-state index contributed by atoms with van der Waals surface area (Å²) in [4.78, 5) is 38.1. The van der Waals surface area contributed by atoms with Crippen LogP contribution in [0.25, 0.3) is 10.8 Å². The van der Waals surface area contributed by atoms with Gasteiger partial charge in [-0.3, -0.25) is 24.6 Å². The van der Waals surface area contributed by atoms with Crippen molar-refractivity contribution in [2.24, 2.45) is 0 Å². The number of unbranched alkanes of at least 4 members (excludes halogenated alkanes) is 2. The number of nitro benzene ring substituents is 1. The van der Waals surface area contributed by atoms with Gasteiger partial charge in [-0.2, -0.15) is 0 Å². The highest BCUT2D eigenvalue weighted by atomic mass is 16.6. The number of rotatable bonds is 8. The highest BCUT2D eigenvalue weighted by molar-refractivity contribution is 6.28. The number of nitrogens with zero attached hydrogens (tertiary/aromatic N) is 2. The molecular formula is C20H23N3O4. The van der Waals surface area contributed by atoms with Crippen LogP contribution in [0.15, 0.2) is 24.3 Å². The van der Waals surface area contributed by atoms with Gasteiger partial charge in [-0.25, -0.2) is 0 Å². The van der Waals surface area contributed by atoms with Crippen molar-refractivity contribution in [2.45, 2.75) is 39.5 Å². The first-order chi connectivity index (χ1) is 13.0. The molecular weight excluding hydrogens is 346 g/mol. The molecule has 1 aliphatic heterocycles. The molecule has 1 N–H and O–H groups in total. The monoisotopic (exact) mass is 369 g/mol. The van der Waals surface area contributed by atoms with Crippen molar-refractivity contribution >= 4 is 34.0 Å². The summed E-state index contributed by atoms with van der Waals surface area (Å²) >= 11 is 0. The van der Waals surface area contributed by atoms with E-state index in [9.17, 15) is 19.7 Å². The van der Waals surface area contributed by atoms with E-state index in [-0.39, 0.29) is 17.5 Å². The van der Waals surface area contributed by atoms with Crippen molar-refractivity contribution in [3.05, 3.63) is 45.5 Å². The summed E-state index contributed by atoms with van der Waals surface area (Å²) in [5, 5.41) is 15.5. The number of benzene rings is 2. The highest BCUT2D eigenvalue weighted by Gasteiger charge is 2.35. The number of carbonyl (C=O) groups excluding carboxylic acids is 2. The Kier molecular flexibility index (Phi) is 5.39. The van der Waals surface area contributed by atoms with Crippen LogP contribution in [0.4, 0.5) is 11.4 Å². The summed E-state index contributed by atoms with van der Waals surface area (Å²) < 4.78 is 0. The van der Waals surface area contributed by atoms with Gasteiger partial charge >= 0.3 is 0 Å². The molecule has 0 atom stereocenters. The molecule has 0 unspecified atom stereocenters. The molecule has 0 aromatic heterocycles. The van der Waals surface area contributed by atoms with Crippen LogP contribution in [0.3, 0.4) is 0 Å². The fourth-order valence-electron chi connectivity index (χ4n) is 3.44. The maximum Gasteiger partial charge on any atom is 0.279 e. The highest BCUT2D eigenvalue weighted by Crippen LogP contribution is 2.39.